The van der Waals surface area contributed by atoms with Gasteiger partial charge in [0.2, 0.25) is 6.10 Å². The molecule has 2 saturated carbocycles. The van der Waals surface area contributed by atoms with Crippen molar-refractivity contribution in [3.8, 4) is 0 Å². The molecule has 17 nitrogen and oxygen atoms in total. The van der Waals surface area contributed by atoms with Gasteiger partial charge in [-0.05, 0) is 61.2 Å². The summed E-state index contributed by atoms with van der Waals surface area (Å²) in [6.45, 7) is 14.4. The van der Waals surface area contributed by atoms with Crippen molar-refractivity contribution in [1.82, 2.24) is 5.32 Å². The third-order valence-electron chi connectivity index (χ3n) is 13.7. The normalized spacial score (nSPS) is 27.9. The van der Waals surface area contributed by atoms with Crippen LogP contribution in [0.15, 0.2) is 102 Å². The highest BCUT2D eigenvalue weighted by Gasteiger charge is 2.73. The number of aliphatic carboxylic acids is 1. The first-order valence-corrected chi connectivity index (χ1v) is 23.5. The number of aliphatic hydroxyl groups excluding tert-OH is 1. The molecule has 4 N–H and O–H groups in total. The molecule has 1 aliphatic heterocycles. The zero-order valence-electron chi connectivity index (χ0n) is 41.0. The highest BCUT2D eigenvalue weighted by Crippen LogP contribution is 2.62. The number of hydrogen-bond donors (Lipinski definition) is 4. The molecule has 7 rings (SSSR count). The van der Waals surface area contributed by atoms with Crippen LogP contribution in [0.2, 0.25) is 0 Å². The zero-order chi connectivity index (χ0) is 51.7. The number of esters is 3. The molecule has 3 fully saturated rings. The van der Waals surface area contributed by atoms with E-state index >= 15 is 4.79 Å². The number of Topliss-reactive ketones (excluding diaryl/α,β-unsaturated/α-hetero) is 1. The molecular formula is C53H65NO16. The van der Waals surface area contributed by atoms with Crippen molar-refractivity contribution >= 4 is 41.7 Å². The molecule has 0 spiro atoms. The van der Waals surface area contributed by atoms with Gasteiger partial charge >= 0.3 is 24.1 Å². The molecule has 7 unspecified atom stereocenters. The van der Waals surface area contributed by atoms with E-state index < -0.39 is 119 Å². The molecular weight excluding hydrogens is 907 g/mol. The van der Waals surface area contributed by atoms with Crippen LogP contribution in [0.1, 0.15) is 114 Å². The Balaban J connectivity index is 0.00000145. The van der Waals surface area contributed by atoms with Crippen LogP contribution in [0, 0.1) is 22.7 Å². The van der Waals surface area contributed by atoms with Crippen molar-refractivity contribution in [3.05, 3.63) is 119 Å². The minimum atomic E-state index is -2.23. The van der Waals surface area contributed by atoms with Crippen molar-refractivity contribution in [2.24, 2.45) is 22.7 Å². The third kappa shape index (κ3) is 11.1. The van der Waals surface area contributed by atoms with Crippen LogP contribution in [0.5, 0.6) is 0 Å². The van der Waals surface area contributed by atoms with E-state index in [0.717, 1.165) is 13.8 Å². The number of fused-ring (bicyclic) bond motifs is 5. The summed E-state index contributed by atoms with van der Waals surface area (Å²) in [4.78, 5) is 93.5. The number of aliphatic hydroxyl groups is 2. The molecule has 2 bridgehead atoms. The standard InChI is InChI=1S/C49H55NO14.C2H4O2.C2H6/c1-7-23-59-46(57)63-40(38(29-17-11-8-12-18-29)50-43(54)30-19-13-9-14-20-30)45(56)62-34-25-49(58)42(64-44(55)31-21-15-10-16-22-31)37-32-26-60-33(32)24-35(52)48(37,6)41(53)39(61-28(3)51)36(27(34)2)47(49,4)5;1-2(3)4;1-2/h8-22,32-35,37-40,42,52,58H,7,23-26H2,1-6H3,(H,50,54);1H3,(H,3,4);1-2H3/t32?,33?,34-,35?,37?,38-,39?,40+,42-,48?,49?;;/m0../s1. The van der Waals surface area contributed by atoms with Gasteiger partial charge in [0, 0.05) is 49.5 Å². The Morgan fingerprint density at radius 3 is 1.93 bits per heavy atom. The molecule has 3 aromatic rings. The summed E-state index contributed by atoms with van der Waals surface area (Å²) in [5, 5.41) is 35.9. The number of ketones is 1. The average Bonchev–Trinajstić information content (AvgIpc) is 3.33. The first kappa shape index (κ1) is 54.5. The number of carbonyl (C=O) groups excluding carboxylic acids is 6. The van der Waals surface area contributed by atoms with Crippen LogP contribution in [0.25, 0.3) is 0 Å². The van der Waals surface area contributed by atoms with E-state index in [1.165, 1.54) is 6.92 Å². The molecule has 3 aliphatic carbocycles. The van der Waals surface area contributed by atoms with E-state index in [2.05, 4.69) is 5.32 Å². The number of amides is 1. The van der Waals surface area contributed by atoms with Crippen molar-refractivity contribution < 1.29 is 77.3 Å². The first-order valence-electron chi connectivity index (χ1n) is 23.5. The summed E-state index contributed by atoms with van der Waals surface area (Å²) >= 11 is 0. The SMILES string of the molecule is CC.CC(=O)O.CCCOC(=O)O[C@@H](C(=O)O[C@H]1CC2(O)[C@@H](OC(=O)c3ccccc3)C3C4COC4CC(O)C3(C)C(=O)C(OC(C)=O)C(=C1C)C2(C)C)[C@@H](NC(=O)c1ccccc1)c1ccccc1. The van der Waals surface area contributed by atoms with E-state index in [0.29, 0.717) is 12.0 Å². The van der Waals surface area contributed by atoms with E-state index in [1.54, 1.807) is 119 Å². The first-order chi connectivity index (χ1) is 33.2. The fraction of sp³-hybridized carbons (Fsp3) is 0.491. The predicted molar refractivity (Wildman–Crippen MR) is 252 cm³/mol. The van der Waals surface area contributed by atoms with Crippen LogP contribution < -0.4 is 5.32 Å². The Hall–Kier alpha value is -6.43. The highest BCUT2D eigenvalue weighted by atomic mass is 16.7. The van der Waals surface area contributed by atoms with E-state index in [9.17, 15) is 34.2 Å². The average molecular weight is 972 g/mol. The Morgan fingerprint density at radius 1 is 0.843 bits per heavy atom. The Morgan fingerprint density at radius 2 is 1.40 bits per heavy atom. The smallest absolute Gasteiger partial charge is 0.481 e. The quantitative estimate of drug-likeness (QED) is 0.0834. The number of nitrogens with one attached hydrogen (secondary N) is 1. The Kier molecular flexibility index (Phi) is 17.9. The predicted octanol–water partition coefficient (Wildman–Crippen LogP) is 6.74. The van der Waals surface area contributed by atoms with Crippen LogP contribution in [-0.2, 0) is 47.6 Å². The largest absolute Gasteiger partial charge is 0.509 e. The molecule has 1 heterocycles. The van der Waals surface area contributed by atoms with E-state index in [4.69, 9.17) is 38.3 Å². The van der Waals surface area contributed by atoms with Gasteiger partial charge < -0.3 is 49.1 Å². The number of hydrogen-bond acceptors (Lipinski definition) is 15. The van der Waals surface area contributed by atoms with Gasteiger partial charge in [-0.2, -0.15) is 0 Å². The topological polar surface area (TPSA) is 248 Å². The summed E-state index contributed by atoms with van der Waals surface area (Å²) < 4.78 is 35.5. The van der Waals surface area contributed by atoms with Crippen LogP contribution in [0.3, 0.4) is 0 Å². The summed E-state index contributed by atoms with van der Waals surface area (Å²) in [5.74, 6) is -6.57. The minimum Gasteiger partial charge on any atom is -0.481 e. The van der Waals surface area contributed by atoms with Crippen LogP contribution >= 0.6 is 0 Å². The van der Waals surface area contributed by atoms with Gasteiger partial charge in [0.1, 0.15) is 23.9 Å². The maximum absolute atomic E-state index is 15.4. The minimum absolute atomic E-state index is 0.0424. The lowest BCUT2D eigenvalue weighted by molar-refractivity contribution is -0.277. The summed E-state index contributed by atoms with van der Waals surface area (Å²) in [6.07, 6.45) is -9.72. The fourth-order valence-electron chi connectivity index (χ4n) is 10.2. The zero-order valence-corrected chi connectivity index (χ0v) is 41.0. The number of ether oxygens (including phenoxy) is 6. The van der Waals surface area contributed by atoms with Gasteiger partial charge in [-0.25, -0.2) is 14.4 Å². The third-order valence-corrected chi connectivity index (χ3v) is 13.7. The van der Waals surface area contributed by atoms with Crippen molar-refractivity contribution in [3.63, 3.8) is 0 Å². The molecule has 4 aliphatic rings. The van der Waals surface area contributed by atoms with Crippen molar-refractivity contribution in [1.29, 1.82) is 0 Å². The second kappa shape index (κ2) is 23.0. The number of benzene rings is 3. The molecule has 11 atom stereocenters. The Labute approximate surface area is 407 Å². The molecule has 1 saturated heterocycles. The molecule has 378 valence electrons. The van der Waals surface area contributed by atoms with Crippen LogP contribution in [-0.4, -0.2) is 112 Å². The number of carbonyl (C=O) groups is 7. The van der Waals surface area contributed by atoms with Gasteiger partial charge in [-0.3, -0.25) is 19.2 Å². The molecule has 3 aromatic carbocycles. The van der Waals surface area contributed by atoms with E-state index in [-0.39, 0.29) is 41.9 Å². The van der Waals surface area contributed by atoms with Crippen LogP contribution in [0.4, 0.5) is 4.79 Å². The van der Waals surface area contributed by atoms with Gasteiger partial charge in [-0.1, -0.05) is 101 Å². The summed E-state index contributed by atoms with van der Waals surface area (Å²) in [5.41, 5.74) is -4.50. The van der Waals surface area contributed by atoms with Crippen molar-refractivity contribution in [2.45, 2.75) is 130 Å². The Bertz CT molecular complexity index is 2380. The second-order valence-corrected chi connectivity index (χ2v) is 18.3. The highest BCUT2D eigenvalue weighted by molar-refractivity contribution is 5.96. The van der Waals surface area contributed by atoms with Crippen molar-refractivity contribution in [2.75, 3.05) is 13.2 Å². The van der Waals surface area contributed by atoms with Gasteiger partial charge in [0.15, 0.2) is 11.9 Å². The molecule has 0 aromatic heterocycles. The lowest BCUT2D eigenvalue weighted by Gasteiger charge is -2.64. The monoisotopic (exact) mass is 971 g/mol. The maximum Gasteiger partial charge on any atom is 0.509 e. The lowest BCUT2D eigenvalue weighted by Crippen LogP contribution is -2.75. The summed E-state index contributed by atoms with van der Waals surface area (Å²) in [6, 6.07) is 23.3. The molecule has 17 heteroatoms. The van der Waals surface area contributed by atoms with E-state index in [1.807, 2.05) is 13.8 Å². The number of carboxylic acid groups (broad SMARTS) is 1. The molecule has 1 amide bonds. The number of rotatable bonds is 12. The second-order valence-electron chi connectivity index (χ2n) is 18.3. The van der Waals surface area contributed by atoms with Gasteiger partial charge in [-0.15, -0.1) is 0 Å². The number of carboxylic acids is 1. The maximum atomic E-state index is 15.4. The summed E-state index contributed by atoms with van der Waals surface area (Å²) in [7, 11) is 0. The lowest BCUT2D eigenvalue weighted by atomic mass is 9.46. The van der Waals surface area contributed by atoms with Gasteiger partial charge in [0.05, 0.1) is 36.4 Å². The fourth-order valence-corrected chi connectivity index (χ4v) is 10.2. The molecule has 70 heavy (non-hydrogen) atoms. The van der Waals surface area contributed by atoms with Gasteiger partial charge in [0.25, 0.3) is 11.9 Å². The molecule has 0 radical (unpaired) electrons.